The predicted molar refractivity (Wildman–Crippen MR) is 116 cm³/mol. The van der Waals surface area contributed by atoms with Gasteiger partial charge in [0, 0.05) is 7.05 Å². The number of hydrogen-bond donors (Lipinski definition) is 0. The lowest BCUT2D eigenvalue weighted by Gasteiger charge is -2.19. The van der Waals surface area contributed by atoms with Crippen LogP contribution in [0.2, 0.25) is 0 Å². The molecule has 156 valence electrons. The largest absolute Gasteiger partial charge is 0.482 e. The van der Waals surface area contributed by atoms with E-state index in [1.165, 1.54) is 23.5 Å². The molecule has 0 spiro atoms. The van der Waals surface area contributed by atoms with Gasteiger partial charge in [-0.15, -0.1) is 0 Å². The first-order chi connectivity index (χ1) is 14.3. The third-order valence-corrected chi connectivity index (χ3v) is 6.47. The van der Waals surface area contributed by atoms with Gasteiger partial charge in [0.15, 0.2) is 6.61 Å². The van der Waals surface area contributed by atoms with Crippen molar-refractivity contribution in [1.82, 2.24) is 0 Å². The minimum atomic E-state index is -3.67. The Morgan fingerprint density at radius 1 is 0.867 bits per heavy atom. The lowest BCUT2D eigenvalue weighted by atomic mass is 10.1. The summed E-state index contributed by atoms with van der Waals surface area (Å²) < 4.78 is 37.3. The zero-order valence-electron chi connectivity index (χ0n) is 17.0. The third-order valence-electron chi connectivity index (χ3n) is 4.67. The molecular formula is C23H23NO5S. The number of rotatable bonds is 7. The number of aryl methyl sites for hydroxylation is 2. The minimum absolute atomic E-state index is 0.200. The van der Waals surface area contributed by atoms with Crippen molar-refractivity contribution in [2.24, 2.45) is 0 Å². The Balaban J connectivity index is 1.61. The van der Waals surface area contributed by atoms with Gasteiger partial charge >= 0.3 is 5.97 Å². The SMILES string of the molecule is Cc1ccc(OCC(=O)Oc2ccc(N(C)S(=O)(=O)c3ccccc3)cc2)cc1C. The van der Waals surface area contributed by atoms with Crippen LogP contribution in [-0.4, -0.2) is 28.0 Å². The summed E-state index contributed by atoms with van der Waals surface area (Å²) >= 11 is 0. The van der Waals surface area contributed by atoms with E-state index in [0.717, 1.165) is 11.1 Å². The van der Waals surface area contributed by atoms with Crippen LogP contribution in [0.25, 0.3) is 0 Å². The number of benzene rings is 3. The maximum absolute atomic E-state index is 12.7. The van der Waals surface area contributed by atoms with Crippen LogP contribution in [0.4, 0.5) is 5.69 Å². The van der Waals surface area contributed by atoms with Gasteiger partial charge in [-0.25, -0.2) is 13.2 Å². The molecule has 0 saturated heterocycles. The average Bonchev–Trinajstić information content (AvgIpc) is 2.75. The number of hydrogen-bond acceptors (Lipinski definition) is 5. The van der Waals surface area contributed by atoms with Crippen LogP contribution in [0.5, 0.6) is 11.5 Å². The number of anilines is 1. The van der Waals surface area contributed by atoms with Gasteiger partial charge in [-0.1, -0.05) is 24.3 Å². The lowest BCUT2D eigenvalue weighted by molar-refractivity contribution is -0.136. The van der Waals surface area contributed by atoms with Crippen molar-refractivity contribution in [2.45, 2.75) is 18.7 Å². The standard InChI is InChI=1S/C23H23NO5S/c1-17-9-12-21(15-18(17)2)28-16-23(25)29-20-13-10-19(11-14-20)24(3)30(26,27)22-7-5-4-6-8-22/h4-15H,16H2,1-3H3. The highest BCUT2D eigenvalue weighted by Crippen LogP contribution is 2.24. The van der Waals surface area contributed by atoms with E-state index in [0.29, 0.717) is 17.2 Å². The molecule has 0 saturated carbocycles. The molecule has 0 aliphatic carbocycles. The molecule has 0 N–H and O–H groups in total. The maximum atomic E-state index is 12.7. The number of ether oxygens (including phenoxy) is 2. The number of carbonyl (C=O) groups excluding carboxylic acids is 1. The summed E-state index contributed by atoms with van der Waals surface area (Å²) in [6.45, 7) is 3.74. The zero-order valence-corrected chi connectivity index (χ0v) is 17.8. The van der Waals surface area contributed by atoms with E-state index in [1.807, 2.05) is 26.0 Å². The van der Waals surface area contributed by atoms with Gasteiger partial charge in [-0.3, -0.25) is 4.31 Å². The highest BCUT2D eigenvalue weighted by molar-refractivity contribution is 7.92. The lowest BCUT2D eigenvalue weighted by Crippen LogP contribution is -2.26. The quantitative estimate of drug-likeness (QED) is 0.421. The van der Waals surface area contributed by atoms with E-state index in [2.05, 4.69) is 0 Å². The fourth-order valence-electron chi connectivity index (χ4n) is 2.72. The van der Waals surface area contributed by atoms with Crippen LogP contribution < -0.4 is 13.8 Å². The molecule has 0 radical (unpaired) electrons. The minimum Gasteiger partial charge on any atom is -0.482 e. The summed E-state index contributed by atoms with van der Waals surface area (Å²) in [5.41, 5.74) is 2.67. The van der Waals surface area contributed by atoms with Crippen molar-refractivity contribution in [3.63, 3.8) is 0 Å². The van der Waals surface area contributed by atoms with Gasteiger partial charge in [0.05, 0.1) is 10.6 Å². The summed E-state index contributed by atoms with van der Waals surface area (Å²) in [5.74, 6) is 0.349. The summed E-state index contributed by atoms with van der Waals surface area (Å²) in [6.07, 6.45) is 0. The van der Waals surface area contributed by atoms with Crippen LogP contribution in [0.3, 0.4) is 0 Å². The summed E-state index contributed by atoms with van der Waals surface area (Å²) in [4.78, 5) is 12.2. The summed E-state index contributed by atoms with van der Waals surface area (Å²) in [6, 6.07) is 20.0. The number of esters is 1. The van der Waals surface area contributed by atoms with Crippen molar-refractivity contribution in [3.8, 4) is 11.5 Å². The van der Waals surface area contributed by atoms with Crippen LogP contribution in [0, 0.1) is 13.8 Å². The van der Waals surface area contributed by atoms with Gasteiger partial charge in [-0.05, 0) is 73.5 Å². The molecule has 0 bridgehead atoms. The van der Waals surface area contributed by atoms with Gasteiger partial charge in [0.25, 0.3) is 10.0 Å². The highest BCUT2D eigenvalue weighted by Gasteiger charge is 2.21. The average molecular weight is 426 g/mol. The number of carbonyl (C=O) groups is 1. The van der Waals surface area contributed by atoms with Gasteiger partial charge in [0.1, 0.15) is 11.5 Å². The Bertz CT molecular complexity index is 1130. The van der Waals surface area contributed by atoms with E-state index in [4.69, 9.17) is 9.47 Å². The molecule has 30 heavy (non-hydrogen) atoms. The van der Waals surface area contributed by atoms with Crippen LogP contribution in [0.15, 0.2) is 77.7 Å². The molecule has 3 aromatic carbocycles. The molecule has 0 aromatic heterocycles. The fourth-order valence-corrected chi connectivity index (χ4v) is 3.94. The van der Waals surface area contributed by atoms with Gasteiger partial charge in [0.2, 0.25) is 0 Å². The Morgan fingerprint density at radius 3 is 2.13 bits per heavy atom. The smallest absolute Gasteiger partial charge is 0.349 e. The molecule has 6 nitrogen and oxygen atoms in total. The van der Waals surface area contributed by atoms with E-state index in [-0.39, 0.29) is 11.5 Å². The molecule has 0 amide bonds. The normalized spacial score (nSPS) is 11.0. The number of sulfonamides is 1. The molecule has 0 fully saturated rings. The highest BCUT2D eigenvalue weighted by atomic mass is 32.2. The second-order valence-electron chi connectivity index (χ2n) is 6.79. The van der Waals surface area contributed by atoms with Crippen molar-refractivity contribution >= 4 is 21.7 Å². The Hall–Kier alpha value is -3.32. The van der Waals surface area contributed by atoms with Crippen LogP contribution in [-0.2, 0) is 14.8 Å². The van der Waals surface area contributed by atoms with E-state index < -0.39 is 16.0 Å². The van der Waals surface area contributed by atoms with E-state index >= 15 is 0 Å². The second kappa shape index (κ2) is 9.00. The summed E-state index contributed by atoms with van der Waals surface area (Å²) in [7, 11) is -2.20. The Morgan fingerprint density at radius 2 is 1.50 bits per heavy atom. The zero-order chi connectivity index (χ0) is 21.7. The molecule has 3 aromatic rings. The maximum Gasteiger partial charge on any atom is 0.349 e. The number of nitrogens with zero attached hydrogens (tertiary/aromatic N) is 1. The first-order valence-corrected chi connectivity index (χ1v) is 10.8. The monoisotopic (exact) mass is 425 g/mol. The molecular weight excluding hydrogens is 402 g/mol. The van der Waals surface area contributed by atoms with Crippen LogP contribution >= 0.6 is 0 Å². The van der Waals surface area contributed by atoms with E-state index in [9.17, 15) is 13.2 Å². The first kappa shape index (κ1) is 21.4. The van der Waals surface area contributed by atoms with Crippen molar-refractivity contribution in [1.29, 1.82) is 0 Å². The molecule has 0 heterocycles. The molecule has 0 unspecified atom stereocenters. The molecule has 0 aliphatic heterocycles. The Labute approximate surface area is 176 Å². The summed E-state index contributed by atoms with van der Waals surface area (Å²) in [5, 5.41) is 0. The second-order valence-corrected chi connectivity index (χ2v) is 8.76. The van der Waals surface area contributed by atoms with E-state index in [1.54, 1.807) is 48.5 Å². The van der Waals surface area contributed by atoms with Crippen molar-refractivity contribution in [3.05, 3.63) is 83.9 Å². The van der Waals surface area contributed by atoms with Crippen molar-refractivity contribution in [2.75, 3.05) is 18.0 Å². The Kier molecular flexibility index (Phi) is 6.42. The molecule has 0 aliphatic rings. The predicted octanol–water partition coefficient (Wildman–Crippen LogP) is 4.11. The molecule has 7 heteroatoms. The first-order valence-electron chi connectivity index (χ1n) is 9.32. The third kappa shape index (κ3) is 4.99. The van der Waals surface area contributed by atoms with Gasteiger partial charge < -0.3 is 9.47 Å². The van der Waals surface area contributed by atoms with Crippen LogP contribution in [0.1, 0.15) is 11.1 Å². The fraction of sp³-hybridized carbons (Fsp3) is 0.174. The van der Waals surface area contributed by atoms with Crippen molar-refractivity contribution < 1.29 is 22.7 Å². The topological polar surface area (TPSA) is 72.9 Å². The molecule has 0 atom stereocenters. The molecule has 3 rings (SSSR count). The van der Waals surface area contributed by atoms with Gasteiger partial charge in [-0.2, -0.15) is 0 Å².